The number of hydrogen-bond acceptors (Lipinski definition) is 5. The number of likely N-dealkylation sites (N-methyl/N-ethyl adjacent to an activating group) is 1. The molecule has 1 amide bonds. The van der Waals surface area contributed by atoms with Gasteiger partial charge in [0.2, 0.25) is 0 Å². The lowest BCUT2D eigenvalue weighted by Crippen LogP contribution is -2.36. The molecule has 3 aromatic rings. The molecule has 2 aromatic heterocycles. The lowest BCUT2D eigenvalue weighted by Gasteiger charge is -2.21. The van der Waals surface area contributed by atoms with Gasteiger partial charge in [-0.1, -0.05) is 40.6 Å². The summed E-state index contributed by atoms with van der Waals surface area (Å²) in [6.45, 7) is 5.36. The highest BCUT2D eigenvalue weighted by molar-refractivity contribution is 7.22. The van der Waals surface area contributed by atoms with Crippen LogP contribution in [0, 0.1) is 13.8 Å². The van der Waals surface area contributed by atoms with E-state index in [0.29, 0.717) is 25.9 Å². The average Bonchev–Trinajstić information content (AvgIpc) is 3.14. The van der Waals surface area contributed by atoms with E-state index >= 15 is 0 Å². The van der Waals surface area contributed by atoms with Crippen molar-refractivity contribution in [3.05, 3.63) is 43.6 Å². The van der Waals surface area contributed by atoms with Gasteiger partial charge in [0, 0.05) is 13.1 Å². The van der Waals surface area contributed by atoms with Gasteiger partial charge in [0.05, 0.1) is 20.1 Å². The standard InChI is InChI=1S/C18H19Cl2N3OS2/c1-10-5-6-13-15(11(10)2)21-18(25-13)23(8-7-22(3)4)17(24)12-9-14(19)26-16(12)20/h5-6,9H,7-8H2,1-4H3. The second kappa shape index (κ2) is 7.82. The van der Waals surface area contributed by atoms with Gasteiger partial charge in [-0.3, -0.25) is 9.69 Å². The van der Waals surface area contributed by atoms with Crippen LogP contribution in [0.25, 0.3) is 10.2 Å². The van der Waals surface area contributed by atoms with Gasteiger partial charge in [0.25, 0.3) is 5.91 Å². The first-order valence-electron chi connectivity index (χ1n) is 8.06. The van der Waals surface area contributed by atoms with Gasteiger partial charge in [-0.25, -0.2) is 4.98 Å². The number of amides is 1. The monoisotopic (exact) mass is 427 g/mol. The van der Waals surface area contributed by atoms with Crippen LogP contribution in [0.4, 0.5) is 5.13 Å². The Kier molecular flexibility index (Phi) is 5.89. The summed E-state index contributed by atoms with van der Waals surface area (Å²) in [6, 6.07) is 5.77. The molecule has 2 heterocycles. The third-order valence-corrected chi connectivity index (χ3v) is 6.74. The first-order chi connectivity index (χ1) is 12.3. The van der Waals surface area contributed by atoms with Crippen molar-refractivity contribution in [2.24, 2.45) is 0 Å². The summed E-state index contributed by atoms with van der Waals surface area (Å²) in [5.74, 6) is -0.173. The summed E-state index contributed by atoms with van der Waals surface area (Å²) in [6.07, 6.45) is 0. The van der Waals surface area contributed by atoms with Crippen molar-refractivity contribution >= 4 is 67.1 Å². The van der Waals surface area contributed by atoms with Crippen LogP contribution in [0.5, 0.6) is 0 Å². The number of aromatic nitrogens is 1. The number of carbonyl (C=O) groups excluding carboxylic acids is 1. The lowest BCUT2D eigenvalue weighted by atomic mass is 10.1. The summed E-state index contributed by atoms with van der Waals surface area (Å²) in [7, 11) is 3.95. The molecule has 0 spiro atoms. The smallest absolute Gasteiger partial charge is 0.262 e. The van der Waals surface area contributed by atoms with E-state index in [1.54, 1.807) is 11.0 Å². The van der Waals surface area contributed by atoms with E-state index in [0.717, 1.165) is 22.3 Å². The average molecular weight is 428 g/mol. The summed E-state index contributed by atoms with van der Waals surface area (Å²) in [5, 5.41) is 0.680. The number of benzene rings is 1. The third kappa shape index (κ3) is 3.89. The molecule has 0 fully saturated rings. The molecule has 0 atom stereocenters. The van der Waals surface area contributed by atoms with E-state index in [2.05, 4.69) is 26.0 Å². The quantitative estimate of drug-likeness (QED) is 0.539. The molecule has 0 radical (unpaired) electrons. The van der Waals surface area contributed by atoms with Crippen LogP contribution < -0.4 is 4.90 Å². The van der Waals surface area contributed by atoms with Crippen LogP contribution in [0.15, 0.2) is 18.2 Å². The number of fused-ring (bicyclic) bond motifs is 1. The van der Waals surface area contributed by atoms with Crippen molar-refractivity contribution in [1.29, 1.82) is 0 Å². The zero-order valence-electron chi connectivity index (χ0n) is 15.0. The Morgan fingerprint density at radius 3 is 2.50 bits per heavy atom. The van der Waals surface area contributed by atoms with E-state index in [1.807, 2.05) is 19.0 Å². The molecule has 1 aromatic carbocycles. The second-order valence-electron chi connectivity index (χ2n) is 6.35. The second-order valence-corrected chi connectivity index (χ2v) is 9.64. The highest BCUT2D eigenvalue weighted by Gasteiger charge is 2.25. The van der Waals surface area contributed by atoms with Crippen molar-refractivity contribution in [3.8, 4) is 0 Å². The molecular formula is C18H19Cl2N3OS2. The molecule has 138 valence electrons. The number of nitrogens with zero attached hydrogens (tertiary/aromatic N) is 3. The summed E-state index contributed by atoms with van der Waals surface area (Å²) in [4.78, 5) is 21.7. The maximum atomic E-state index is 13.2. The van der Waals surface area contributed by atoms with Gasteiger partial charge in [-0.15, -0.1) is 11.3 Å². The number of halogens is 2. The van der Waals surface area contributed by atoms with Crippen LogP contribution in [0.3, 0.4) is 0 Å². The highest BCUT2D eigenvalue weighted by Crippen LogP contribution is 2.36. The minimum atomic E-state index is -0.173. The van der Waals surface area contributed by atoms with E-state index in [-0.39, 0.29) is 5.91 Å². The molecule has 8 heteroatoms. The third-order valence-electron chi connectivity index (χ3n) is 4.21. The molecule has 4 nitrogen and oxygen atoms in total. The van der Waals surface area contributed by atoms with Gasteiger partial charge >= 0.3 is 0 Å². The van der Waals surface area contributed by atoms with Crippen molar-refractivity contribution in [2.75, 3.05) is 32.1 Å². The Hall–Kier alpha value is -1.18. The number of aryl methyl sites for hydroxylation is 2. The summed E-state index contributed by atoms with van der Waals surface area (Å²) in [5.41, 5.74) is 3.70. The van der Waals surface area contributed by atoms with Crippen LogP contribution >= 0.6 is 45.9 Å². The van der Waals surface area contributed by atoms with E-state index < -0.39 is 0 Å². The molecular weight excluding hydrogens is 409 g/mol. The normalized spacial score (nSPS) is 11.5. The predicted octanol–water partition coefficient (Wildman–Crippen LogP) is 5.49. The zero-order valence-corrected chi connectivity index (χ0v) is 18.1. The maximum Gasteiger partial charge on any atom is 0.262 e. The van der Waals surface area contributed by atoms with Crippen molar-refractivity contribution in [2.45, 2.75) is 13.8 Å². The van der Waals surface area contributed by atoms with Gasteiger partial charge in [0.1, 0.15) is 4.34 Å². The first kappa shape index (κ1) is 19.6. The number of carbonyl (C=O) groups is 1. The SMILES string of the molecule is Cc1ccc2sc(N(CCN(C)C)C(=O)c3cc(Cl)sc3Cl)nc2c1C. The topological polar surface area (TPSA) is 36.4 Å². The van der Waals surface area contributed by atoms with Gasteiger partial charge in [-0.05, 0) is 51.2 Å². The maximum absolute atomic E-state index is 13.2. The Morgan fingerprint density at radius 2 is 1.88 bits per heavy atom. The Bertz CT molecular complexity index is 965. The Balaban J connectivity index is 2.05. The van der Waals surface area contributed by atoms with Crippen LogP contribution in [-0.4, -0.2) is 43.0 Å². The molecule has 0 N–H and O–H groups in total. The van der Waals surface area contributed by atoms with Gasteiger partial charge in [-0.2, -0.15) is 0 Å². The fourth-order valence-electron chi connectivity index (χ4n) is 2.55. The van der Waals surface area contributed by atoms with Crippen molar-refractivity contribution in [1.82, 2.24) is 9.88 Å². The first-order valence-corrected chi connectivity index (χ1v) is 10.4. The summed E-state index contributed by atoms with van der Waals surface area (Å²) < 4.78 is 1.98. The number of rotatable bonds is 5. The predicted molar refractivity (Wildman–Crippen MR) is 114 cm³/mol. The number of thiophene rings is 1. The van der Waals surface area contributed by atoms with Gasteiger partial charge in [0.15, 0.2) is 5.13 Å². The van der Waals surface area contributed by atoms with E-state index in [1.165, 1.54) is 28.2 Å². The van der Waals surface area contributed by atoms with Crippen molar-refractivity contribution in [3.63, 3.8) is 0 Å². The number of anilines is 1. The van der Waals surface area contributed by atoms with E-state index in [4.69, 9.17) is 28.2 Å². The Morgan fingerprint density at radius 1 is 1.15 bits per heavy atom. The number of thiazole rings is 1. The number of hydrogen-bond donors (Lipinski definition) is 0. The van der Waals surface area contributed by atoms with Gasteiger partial charge < -0.3 is 4.90 Å². The molecule has 0 aliphatic carbocycles. The zero-order chi connectivity index (χ0) is 19.0. The van der Waals surface area contributed by atoms with E-state index in [9.17, 15) is 4.79 Å². The fraction of sp³-hybridized carbons (Fsp3) is 0.333. The largest absolute Gasteiger partial charge is 0.308 e. The molecule has 0 aliphatic rings. The van der Waals surface area contributed by atoms with Crippen LogP contribution in [-0.2, 0) is 0 Å². The Labute approximate surface area is 171 Å². The molecule has 0 bridgehead atoms. The highest BCUT2D eigenvalue weighted by atomic mass is 35.5. The van der Waals surface area contributed by atoms with Crippen LogP contribution in [0.1, 0.15) is 21.5 Å². The fourth-order valence-corrected chi connectivity index (χ4v) is 5.04. The minimum absolute atomic E-state index is 0.173. The van der Waals surface area contributed by atoms with Crippen molar-refractivity contribution < 1.29 is 4.79 Å². The molecule has 26 heavy (non-hydrogen) atoms. The molecule has 0 saturated heterocycles. The minimum Gasteiger partial charge on any atom is -0.308 e. The summed E-state index contributed by atoms with van der Waals surface area (Å²) >= 11 is 15.0. The van der Waals surface area contributed by atoms with Crippen LogP contribution in [0.2, 0.25) is 8.67 Å². The molecule has 3 rings (SSSR count). The molecule has 0 saturated carbocycles. The molecule has 0 aliphatic heterocycles. The molecule has 0 unspecified atom stereocenters. The lowest BCUT2D eigenvalue weighted by molar-refractivity contribution is 0.0986.